The number of para-hydroxylation sites is 1. The maximum absolute atomic E-state index is 12.2. The molecule has 0 bridgehead atoms. The predicted molar refractivity (Wildman–Crippen MR) is 74.8 cm³/mol. The zero-order chi connectivity index (χ0) is 14.5. The third-order valence-electron chi connectivity index (χ3n) is 3.04. The van der Waals surface area contributed by atoms with Crippen LogP contribution in [0.5, 0.6) is 5.75 Å². The van der Waals surface area contributed by atoms with Crippen LogP contribution >= 0.6 is 0 Å². The van der Waals surface area contributed by atoms with Gasteiger partial charge in [0.05, 0.1) is 17.9 Å². The minimum absolute atomic E-state index is 0.172. The van der Waals surface area contributed by atoms with E-state index in [-0.39, 0.29) is 5.91 Å². The van der Waals surface area contributed by atoms with Gasteiger partial charge in [0.15, 0.2) is 0 Å². The molecule has 1 N–H and O–H groups in total. The number of amides is 1. The number of nitrogens with one attached hydrogen (secondary N) is 1. The van der Waals surface area contributed by atoms with Gasteiger partial charge in [-0.3, -0.25) is 4.79 Å². The van der Waals surface area contributed by atoms with E-state index >= 15 is 0 Å². The molecule has 0 aliphatic heterocycles. The van der Waals surface area contributed by atoms with Crippen molar-refractivity contribution < 1.29 is 14.1 Å². The Hall–Kier alpha value is -2.30. The Kier molecular flexibility index (Phi) is 4.40. The fraction of sp³-hybridized carbons (Fsp3) is 0.333. The second-order valence-corrected chi connectivity index (χ2v) is 4.41. The number of nitrogens with zero attached hydrogens (tertiary/aromatic N) is 1. The molecule has 5 heteroatoms. The lowest BCUT2D eigenvalue weighted by atomic mass is 10.1. The minimum Gasteiger partial charge on any atom is -0.493 e. The summed E-state index contributed by atoms with van der Waals surface area (Å²) in [5.74, 6) is 1.14. The molecule has 2 aromatic rings. The first kappa shape index (κ1) is 14.1. The van der Waals surface area contributed by atoms with Crippen LogP contribution < -0.4 is 10.1 Å². The van der Waals surface area contributed by atoms with Crippen LogP contribution in [0.2, 0.25) is 0 Å². The van der Waals surface area contributed by atoms with Crippen LogP contribution in [-0.2, 0) is 6.54 Å². The van der Waals surface area contributed by atoms with Gasteiger partial charge >= 0.3 is 0 Å². The molecule has 5 nitrogen and oxygen atoms in total. The van der Waals surface area contributed by atoms with Crippen molar-refractivity contribution in [1.29, 1.82) is 0 Å². The average molecular weight is 274 g/mol. The molecule has 0 fully saturated rings. The number of hydrogen-bond donors (Lipinski definition) is 1. The molecule has 0 atom stereocenters. The van der Waals surface area contributed by atoms with E-state index < -0.39 is 0 Å². The molecule has 0 aliphatic carbocycles. The normalized spacial score (nSPS) is 10.3. The van der Waals surface area contributed by atoms with Crippen LogP contribution in [0.1, 0.15) is 34.3 Å². The van der Waals surface area contributed by atoms with Gasteiger partial charge in [0.1, 0.15) is 11.5 Å². The first-order chi connectivity index (χ1) is 9.63. The summed E-state index contributed by atoms with van der Waals surface area (Å²) in [6.45, 7) is 6.48. The summed E-state index contributed by atoms with van der Waals surface area (Å²) in [6.07, 6.45) is 0. The largest absolute Gasteiger partial charge is 0.493 e. The van der Waals surface area contributed by atoms with Crippen LogP contribution in [0.3, 0.4) is 0 Å². The molecule has 20 heavy (non-hydrogen) atoms. The third kappa shape index (κ3) is 2.99. The van der Waals surface area contributed by atoms with E-state index in [1.54, 1.807) is 12.1 Å². The molecule has 106 valence electrons. The molecular formula is C15H18N2O3. The molecular weight excluding hydrogens is 256 g/mol. The monoisotopic (exact) mass is 274 g/mol. The third-order valence-corrected chi connectivity index (χ3v) is 3.04. The zero-order valence-electron chi connectivity index (χ0n) is 11.9. The van der Waals surface area contributed by atoms with Gasteiger partial charge in [-0.25, -0.2) is 0 Å². The van der Waals surface area contributed by atoms with Crippen molar-refractivity contribution in [2.75, 3.05) is 6.61 Å². The number of ether oxygens (including phenoxy) is 1. The van der Waals surface area contributed by atoms with E-state index in [0.29, 0.717) is 24.5 Å². The fourth-order valence-corrected chi connectivity index (χ4v) is 1.95. The Morgan fingerprint density at radius 1 is 1.35 bits per heavy atom. The van der Waals surface area contributed by atoms with Gasteiger partial charge in [0, 0.05) is 12.1 Å². The van der Waals surface area contributed by atoms with Gasteiger partial charge in [-0.2, -0.15) is 0 Å². The Morgan fingerprint density at radius 2 is 2.10 bits per heavy atom. The predicted octanol–water partition coefficient (Wildman–Crippen LogP) is 2.62. The molecule has 1 aromatic carbocycles. The summed E-state index contributed by atoms with van der Waals surface area (Å²) >= 11 is 0. The molecule has 0 aliphatic rings. The van der Waals surface area contributed by atoms with E-state index in [1.165, 1.54) is 0 Å². The lowest BCUT2D eigenvalue weighted by Gasteiger charge is -2.10. The second kappa shape index (κ2) is 6.23. The summed E-state index contributed by atoms with van der Waals surface area (Å²) < 4.78 is 10.5. The highest BCUT2D eigenvalue weighted by Crippen LogP contribution is 2.18. The number of aryl methyl sites for hydroxylation is 2. The van der Waals surface area contributed by atoms with Crippen molar-refractivity contribution in [3.8, 4) is 5.75 Å². The Bertz CT molecular complexity index is 585. The van der Waals surface area contributed by atoms with Gasteiger partial charge in [-0.05, 0) is 32.9 Å². The maximum atomic E-state index is 12.2. The summed E-state index contributed by atoms with van der Waals surface area (Å²) in [4.78, 5) is 12.2. The Balaban J connectivity index is 2.09. The second-order valence-electron chi connectivity index (χ2n) is 4.41. The summed E-state index contributed by atoms with van der Waals surface area (Å²) in [5.41, 5.74) is 2.23. The molecule has 0 saturated heterocycles. The topological polar surface area (TPSA) is 64.4 Å². The standard InChI is InChI=1S/C15H18N2O3/c1-4-19-14-8-6-5-7-12(14)15(18)16-9-13-10(2)17-20-11(13)3/h5-8H,4,9H2,1-3H3,(H,16,18). The molecule has 1 amide bonds. The first-order valence-corrected chi connectivity index (χ1v) is 6.55. The lowest BCUT2D eigenvalue weighted by Crippen LogP contribution is -2.24. The molecule has 0 saturated carbocycles. The average Bonchev–Trinajstić information content (AvgIpc) is 2.76. The fourth-order valence-electron chi connectivity index (χ4n) is 1.95. The highest BCUT2D eigenvalue weighted by Gasteiger charge is 2.14. The van der Waals surface area contributed by atoms with Crippen LogP contribution in [0.25, 0.3) is 0 Å². The molecule has 0 radical (unpaired) electrons. The zero-order valence-corrected chi connectivity index (χ0v) is 11.9. The molecule has 0 unspecified atom stereocenters. The van der Waals surface area contributed by atoms with E-state index in [4.69, 9.17) is 9.26 Å². The highest BCUT2D eigenvalue weighted by molar-refractivity contribution is 5.96. The van der Waals surface area contributed by atoms with Crippen molar-refractivity contribution in [3.05, 3.63) is 46.8 Å². The van der Waals surface area contributed by atoms with Crippen molar-refractivity contribution in [1.82, 2.24) is 10.5 Å². The SMILES string of the molecule is CCOc1ccccc1C(=O)NCc1c(C)noc1C. The smallest absolute Gasteiger partial charge is 0.255 e. The Labute approximate surface area is 117 Å². The lowest BCUT2D eigenvalue weighted by molar-refractivity contribution is 0.0947. The number of hydrogen-bond acceptors (Lipinski definition) is 4. The van der Waals surface area contributed by atoms with E-state index in [1.807, 2.05) is 32.9 Å². The Morgan fingerprint density at radius 3 is 2.75 bits per heavy atom. The van der Waals surface area contributed by atoms with Gasteiger partial charge in [-0.15, -0.1) is 0 Å². The van der Waals surface area contributed by atoms with Gasteiger partial charge < -0.3 is 14.6 Å². The van der Waals surface area contributed by atoms with Gasteiger partial charge in [0.25, 0.3) is 5.91 Å². The van der Waals surface area contributed by atoms with Crippen LogP contribution in [0.4, 0.5) is 0 Å². The molecule has 1 heterocycles. The van der Waals surface area contributed by atoms with Crippen molar-refractivity contribution >= 4 is 5.91 Å². The van der Waals surface area contributed by atoms with E-state index in [2.05, 4.69) is 10.5 Å². The van der Waals surface area contributed by atoms with Crippen LogP contribution in [-0.4, -0.2) is 17.7 Å². The number of carbonyl (C=O) groups is 1. The maximum Gasteiger partial charge on any atom is 0.255 e. The molecule has 0 spiro atoms. The van der Waals surface area contributed by atoms with Gasteiger partial charge in [0.2, 0.25) is 0 Å². The molecule has 2 rings (SSSR count). The number of aromatic nitrogens is 1. The number of benzene rings is 1. The minimum atomic E-state index is -0.172. The van der Waals surface area contributed by atoms with E-state index in [0.717, 1.165) is 17.0 Å². The van der Waals surface area contributed by atoms with Gasteiger partial charge in [-0.1, -0.05) is 17.3 Å². The highest BCUT2D eigenvalue weighted by atomic mass is 16.5. The number of rotatable bonds is 5. The number of carbonyl (C=O) groups excluding carboxylic acids is 1. The van der Waals surface area contributed by atoms with E-state index in [9.17, 15) is 4.79 Å². The summed E-state index contributed by atoms with van der Waals surface area (Å²) in [6, 6.07) is 7.19. The quantitative estimate of drug-likeness (QED) is 0.910. The van der Waals surface area contributed by atoms with Crippen LogP contribution in [0.15, 0.2) is 28.8 Å². The van der Waals surface area contributed by atoms with Crippen LogP contribution in [0, 0.1) is 13.8 Å². The van der Waals surface area contributed by atoms with Crippen molar-refractivity contribution in [2.24, 2.45) is 0 Å². The molecule has 1 aromatic heterocycles. The van der Waals surface area contributed by atoms with Crippen molar-refractivity contribution in [2.45, 2.75) is 27.3 Å². The summed E-state index contributed by atoms with van der Waals surface area (Å²) in [7, 11) is 0. The van der Waals surface area contributed by atoms with Crippen molar-refractivity contribution in [3.63, 3.8) is 0 Å². The summed E-state index contributed by atoms with van der Waals surface area (Å²) in [5, 5.41) is 6.73. The first-order valence-electron chi connectivity index (χ1n) is 6.55.